The molecule has 4 aromatic rings. The maximum absolute atomic E-state index is 5.33. The Morgan fingerprint density at radius 1 is 0.871 bits per heavy atom. The first-order valence-corrected chi connectivity index (χ1v) is 10.4. The van der Waals surface area contributed by atoms with Gasteiger partial charge in [-0.15, -0.1) is 0 Å². The fraction of sp³-hybridized carbons (Fsp3) is 0.192. The van der Waals surface area contributed by atoms with Crippen molar-refractivity contribution in [1.29, 1.82) is 0 Å². The predicted octanol–water partition coefficient (Wildman–Crippen LogP) is 5.68. The molecule has 3 heterocycles. The largest absolute Gasteiger partial charge is 0.497 e. The zero-order valence-corrected chi connectivity index (χ0v) is 17.9. The summed E-state index contributed by atoms with van der Waals surface area (Å²) in [5.74, 6) is 1.73. The average Bonchev–Trinajstić information content (AvgIpc) is 3.15. The number of aliphatic imine (C=N–C) groups is 1. The van der Waals surface area contributed by atoms with Crippen molar-refractivity contribution in [3.05, 3.63) is 95.4 Å². The van der Waals surface area contributed by atoms with E-state index in [1.54, 1.807) is 7.11 Å². The van der Waals surface area contributed by atoms with E-state index in [0.29, 0.717) is 0 Å². The molecular weight excluding hydrogens is 384 g/mol. The first-order valence-electron chi connectivity index (χ1n) is 10.4. The maximum Gasteiger partial charge on any atom is 0.159 e. The fourth-order valence-corrected chi connectivity index (χ4v) is 4.17. The van der Waals surface area contributed by atoms with Crippen LogP contribution < -0.4 is 4.74 Å². The summed E-state index contributed by atoms with van der Waals surface area (Å²) >= 11 is 0. The van der Waals surface area contributed by atoms with E-state index in [0.717, 1.165) is 46.1 Å². The number of aromatic nitrogens is 3. The molecule has 0 bridgehead atoms. The molecule has 2 aromatic carbocycles. The molecule has 0 saturated carbocycles. The standard InChI is InChI=1S/C26H24N4O/c1-17-4-6-19(7-5-17)23-16-24(20-12-14-27-15-13-20)30-26(28-23)25(18(2)29-30)21-8-10-22(31-3)11-9-21/h4-15,24H,16H2,1-3H3/t24-/m0/s1. The second kappa shape index (κ2) is 7.84. The van der Waals surface area contributed by atoms with E-state index in [2.05, 4.69) is 72.0 Å². The molecule has 31 heavy (non-hydrogen) atoms. The normalized spacial score (nSPS) is 15.3. The van der Waals surface area contributed by atoms with Crippen LogP contribution in [-0.2, 0) is 0 Å². The molecule has 0 saturated heterocycles. The molecule has 0 amide bonds. The Morgan fingerprint density at radius 3 is 2.23 bits per heavy atom. The van der Waals surface area contributed by atoms with Gasteiger partial charge in [-0.3, -0.25) is 4.98 Å². The van der Waals surface area contributed by atoms with Crippen molar-refractivity contribution in [1.82, 2.24) is 14.8 Å². The quantitative estimate of drug-likeness (QED) is 0.436. The molecule has 5 heteroatoms. The van der Waals surface area contributed by atoms with Gasteiger partial charge in [-0.1, -0.05) is 42.0 Å². The highest BCUT2D eigenvalue weighted by molar-refractivity contribution is 6.04. The molecule has 1 aliphatic heterocycles. The minimum Gasteiger partial charge on any atom is -0.497 e. The molecule has 5 rings (SSSR count). The maximum atomic E-state index is 5.33. The van der Waals surface area contributed by atoms with Crippen LogP contribution in [0.3, 0.4) is 0 Å². The van der Waals surface area contributed by atoms with Gasteiger partial charge in [-0.05, 0) is 54.8 Å². The van der Waals surface area contributed by atoms with Gasteiger partial charge in [0.15, 0.2) is 5.82 Å². The Kier molecular flexibility index (Phi) is 4.86. The number of methoxy groups -OCH3 is 1. The summed E-state index contributed by atoms with van der Waals surface area (Å²) < 4.78 is 7.41. The molecule has 5 nitrogen and oxygen atoms in total. The summed E-state index contributed by atoms with van der Waals surface area (Å²) in [6.07, 6.45) is 4.46. The van der Waals surface area contributed by atoms with Crippen LogP contribution in [0.4, 0.5) is 5.82 Å². The highest BCUT2D eigenvalue weighted by Gasteiger charge is 2.29. The molecule has 1 atom stereocenters. The van der Waals surface area contributed by atoms with Crippen molar-refractivity contribution >= 4 is 11.5 Å². The van der Waals surface area contributed by atoms with Crippen LogP contribution in [0, 0.1) is 13.8 Å². The molecular formula is C26H24N4O. The van der Waals surface area contributed by atoms with Gasteiger partial charge < -0.3 is 4.74 Å². The number of pyridine rings is 1. The summed E-state index contributed by atoms with van der Waals surface area (Å²) in [5, 5.41) is 4.93. The van der Waals surface area contributed by atoms with Gasteiger partial charge in [0.05, 0.1) is 24.6 Å². The second-order valence-electron chi connectivity index (χ2n) is 7.88. The van der Waals surface area contributed by atoms with Crippen molar-refractivity contribution in [2.45, 2.75) is 26.3 Å². The van der Waals surface area contributed by atoms with E-state index in [1.165, 1.54) is 11.1 Å². The third-order valence-electron chi connectivity index (χ3n) is 5.84. The number of benzene rings is 2. The van der Waals surface area contributed by atoms with Crippen LogP contribution in [0.5, 0.6) is 5.75 Å². The number of hydrogen-bond acceptors (Lipinski definition) is 4. The van der Waals surface area contributed by atoms with Gasteiger partial charge in [0, 0.05) is 24.4 Å². The van der Waals surface area contributed by atoms with Crippen molar-refractivity contribution in [2.75, 3.05) is 7.11 Å². The average molecular weight is 409 g/mol. The lowest BCUT2D eigenvalue weighted by molar-refractivity contribution is 0.415. The van der Waals surface area contributed by atoms with E-state index in [9.17, 15) is 0 Å². The number of aryl methyl sites for hydroxylation is 2. The Bertz CT molecular complexity index is 1240. The van der Waals surface area contributed by atoms with Crippen molar-refractivity contribution < 1.29 is 4.74 Å². The topological polar surface area (TPSA) is 52.3 Å². The molecule has 0 spiro atoms. The molecule has 0 radical (unpaired) electrons. The van der Waals surface area contributed by atoms with Gasteiger partial charge in [-0.2, -0.15) is 5.10 Å². The van der Waals surface area contributed by atoms with E-state index in [1.807, 2.05) is 24.5 Å². The lowest BCUT2D eigenvalue weighted by Gasteiger charge is -2.25. The Morgan fingerprint density at radius 2 is 1.55 bits per heavy atom. The fourth-order valence-electron chi connectivity index (χ4n) is 4.17. The highest BCUT2D eigenvalue weighted by Crippen LogP contribution is 2.41. The third kappa shape index (κ3) is 3.52. The van der Waals surface area contributed by atoms with Crippen LogP contribution in [0.25, 0.3) is 11.1 Å². The smallest absolute Gasteiger partial charge is 0.159 e. The molecule has 0 N–H and O–H groups in total. The zero-order valence-electron chi connectivity index (χ0n) is 17.9. The van der Waals surface area contributed by atoms with Gasteiger partial charge in [0.2, 0.25) is 0 Å². The van der Waals surface area contributed by atoms with Crippen LogP contribution in [-0.4, -0.2) is 27.6 Å². The van der Waals surface area contributed by atoms with E-state index in [4.69, 9.17) is 14.8 Å². The SMILES string of the molecule is COc1ccc(-c2c(C)nn3c2N=C(c2ccc(C)cc2)C[C@H]3c2ccncc2)cc1. The number of fused-ring (bicyclic) bond motifs is 1. The molecule has 2 aromatic heterocycles. The summed E-state index contributed by atoms with van der Waals surface area (Å²) in [7, 11) is 1.68. The van der Waals surface area contributed by atoms with Gasteiger partial charge in [0.25, 0.3) is 0 Å². The van der Waals surface area contributed by atoms with Crippen LogP contribution in [0.2, 0.25) is 0 Å². The Hall–Kier alpha value is -3.73. The lowest BCUT2D eigenvalue weighted by atomic mass is 9.95. The van der Waals surface area contributed by atoms with Gasteiger partial charge >= 0.3 is 0 Å². The first-order chi connectivity index (χ1) is 15.1. The monoisotopic (exact) mass is 408 g/mol. The minimum absolute atomic E-state index is 0.0671. The highest BCUT2D eigenvalue weighted by atomic mass is 16.5. The first kappa shape index (κ1) is 19.2. The van der Waals surface area contributed by atoms with E-state index < -0.39 is 0 Å². The summed E-state index contributed by atoms with van der Waals surface area (Å²) in [6, 6.07) is 20.9. The molecule has 1 aliphatic rings. The molecule has 0 unspecified atom stereocenters. The molecule has 0 fully saturated rings. The third-order valence-corrected chi connectivity index (χ3v) is 5.84. The van der Waals surface area contributed by atoms with Crippen LogP contribution in [0.15, 0.2) is 78.0 Å². The van der Waals surface area contributed by atoms with Gasteiger partial charge in [-0.25, -0.2) is 9.67 Å². The number of hydrogen-bond donors (Lipinski definition) is 0. The lowest BCUT2D eigenvalue weighted by Crippen LogP contribution is -2.21. The second-order valence-corrected chi connectivity index (χ2v) is 7.88. The Balaban J connectivity index is 1.69. The minimum atomic E-state index is 0.0671. The number of rotatable bonds is 4. The van der Waals surface area contributed by atoms with Crippen molar-refractivity contribution in [3.8, 4) is 16.9 Å². The van der Waals surface area contributed by atoms with Crippen LogP contribution >= 0.6 is 0 Å². The molecule has 0 aliphatic carbocycles. The summed E-state index contributed by atoms with van der Waals surface area (Å²) in [5.41, 5.74) is 7.76. The Labute approximate surface area is 182 Å². The van der Waals surface area contributed by atoms with Crippen molar-refractivity contribution in [2.24, 2.45) is 4.99 Å². The number of nitrogens with zero attached hydrogens (tertiary/aromatic N) is 4. The zero-order chi connectivity index (χ0) is 21.4. The van der Waals surface area contributed by atoms with Crippen LogP contribution in [0.1, 0.15) is 34.8 Å². The van der Waals surface area contributed by atoms with E-state index in [-0.39, 0.29) is 6.04 Å². The van der Waals surface area contributed by atoms with Crippen molar-refractivity contribution in [3.63, 3.8) is 0 Å². The number of ether oxygens (including phenoxy) is 1. The molecule has 154 valence electrons. The predicted molar refractivity (Wildman–Crippen MR) is 123 cm³/mol. The summed E-state index contributed by atoms with van der Waals surface area (Å²) in [6.45, 7) is 4.15. The van der Waals surface area contributed by atoms with E-state index >= 15 is 0 Å². The van der Waals surface area contributed by atoms with Gasteiger partial charge in [0.1, 0.15) is 5.75 Å². The summed E-state index contributed by atoms with van der Waals surface area (Å²) in [4.78, 5) is 9.33.